The van der Waals surface area contributed by atoms with E-state index < -0.39 is 5.97 Å². The first-order valence-electron chi connectivity index (χ1n) is 7.04. The first-order chi connectivity index (χ1) is 11.1. The van der Waals surface area contributed by atoms with Crippen LogP contribution in [-0.2, 0) is 4.79 Å². The van der Waals surface area contributed by atoms with Gasteiger partial charge in [-0.25, -0.2) is 9.78 Å². The Morgan fingerprint density at radius 2 is 1.87 bits per heavy atom. The number of benzene rings is 2. The molecule has 0 atom stereocenters. The molecular weight excluding hydrogens is 310 g/mol. The van der Waals surface area contributed by atoms with Gasteiger partial charge in [-0.3, -0.25) is 0 Å². The van der Waals surface area contributed by atoms with Crippen molar-refractivity contribution in [1.82, 2.24) is 4.98 Å². The zero-order valence-electron chi connectivity index (χ0n) is 12.8. The van der Waals surface area contributed by atoms with Crippen LogP contribution in [-0.4, -0.2) is 18.1 Å². The molecule has 0 saturated carbocycles. The smallest absolute Gasteiger partial charge is 0.336 e. The summed E-state index contributed by atoms with van der Waals surface area (Å²) in [5.41, 5.74) is 0.757. The fourth-order valence-electron chi connectivity index (χ4n) is 2.15. The van der Waals surface area contributed by atoms with Gasteiger partial charge in [-0.15, -0.1) is 11.3 Å². The molecule has 5 heteroatoms. The first kappa shape index (κ1) is 15.2. The van der Waals surface area contributed by atoms with Gasteiger partial charge < -0.3 is 9.47 Å². The number of thiazole rings is 1. The lowest BCUT2D eigenvalue weighted by Gasteiger charge is -2.05. The van der Waals surface area contributed by atoms with Crippen molar-refractivity contribution in [3.05, 3.63) is 58.6 Å². The van der Waals surface area contributed by atoms with Crippen LogP contribution in [0.25, 0.3) is 16.8 Å². The molecule has 0 aliphatic rings. The van der Waals surface area contributed by atoms with E-state index in [-0.39, 0.29) is 0 Å². The summed E-state index contributed by atoms with van der Waals surface area (Å²) in [6, 6.07) is 11.3. The first-order valence-corrected chi connectivity index (χ1v) is 7.92. The minimum absolute atomic E-state index is 0.433. The van der Waals surface area contributed by atoms with Crippen LogP contribution >= 0.6 is 11.3 Å². The molecule has 1 heterocycles. The van der Waals surface area contributed by atoms with Gasteiger partial charge in [0, 0.05) is 11.5 Å². The molecule has 116 valence electrons. The average Bonchev–Trinajstić information content (AvgIpc) is 2.97. The van der Waals surface area contributed by atoms with Crippen molar-refractivity contribution < 1.29 is 14.3 Å². The predicted octanol–water partition coefficient (Wildman–Crippen LogP) is 4.23. The molecule has 0 aliphatic carbocycles. The van der Waals surface area contributed by atoms with Gasteiger partial charge in [0.2, 0.25) is 0 Å². The topological polar surface area (TPSA) is 48.4 Å². The van der Waals surface area contributed by atoms with E-state index in [4.69, 9.17) is 9.47 Å². The SMILES string of the molecule is COc1ccc2ccc(OC(=O)C=Cc3csc(C)n3)cc2c1. The van der Waals surface area contributed by atoms with Crippen molar-refractivity contribution in [2.45, 2.75) is 6.92 Å². The molecule has 0 bridgehead atoms. The molecule has 0 aliphatic heterocycles. The van der Waals surface area contributed by atoms with E-state index in [1.807, 2.05) is 42.6 Å². The number of nitrogens with zero attached hydrogens (tertiary/aromatic N) is 1. The number of aryl methyl sites for hydroxylation is 1. The highest BCUT2D eigenvalue weighted by Gasteiger charge is 2.04. The van der Waals surface area contributed by atoms with Crippen molar-refractivity contribution >= 4 is 34.2 Å². The Bertz CT molecular complexity index is 883. The van der Waals surface area contributed by atoms with Gasteiger partial charge in [0.05, 0.1) is 17.8 Å². The van der Waals surface area contributed by atoms with Gasteiger partial charge in [-0.1, -0.05) is 12.1 Å². The van der Waals surface area contributed by atoms with E-state index in [9.17, 15) is 4.79 Å². The fourth-order valence-corrected chi connectivity index (χ4v) is 2.73. The molecule has 0 saturated heterocycles. The number of hydrogen-bond donors (Lipinski definition) is 0. The van der Waals surface area contributed by atoms with Crippen LogP contribution in [0.15, 0.2) is 47.9 Å². The molecule has 2 aromatic carbocycles. The molecule has 0 N–H and O–H groups in total. The summed E-state index contributed by atoms with van der Waals surface area (Å²) < 4.78 is 10.5. The maximum atomic E-state index is 11.9. The van der Waals surface area contributed by atoms with Crippen LogP contribution in [0.1, 0.15) is 10.7 Å². The second-order valence-electron chi connectivity index (χ2n) is 4.92. The van der Waals surface area contributed by atoms with E-state index in [2.05, 4.69) is 4.98 Å². The van der Waals surface area contributed by atoms with E-state index in [1.165, 1.54) is 17.4 Å². The van der Waals surface area contributed by atoms with E-state index in [0.29, 0.717) is 5.75 Å². The number of carbonyl (C=O) groups excluding carboxylic acids is 1. The summed E-state index contributed by atoms with van der Waals surface area (Å²) in [6.07, 6.45) is 3.03. The Hall–Kier alpha value is -2.66. The monoisotopic (exact) mass is 325 g/mol. The van der Waals surface area contributed by atoms with Gasteiger partial charge in [0.25, 0.3) is 0 Å². The van der Waals surface area contributed by atoms with Crippen LogP contribution in [0, 0.1) is 6.92 Å². The Balaban J connectivity index is 1.75. The molecule has 0 radical (unpaired) electrons. The number of ether oxygens (including phenoxy) is 2. The van der Waals surface area contributed by atoms with Gasteiger partial charge in [-0.05, 0) is 48.0 Å². The second-order valence-corrected chi connectivity index (χ2v) is 5.98. The number of carbonyl (C=O) groups is 1. The highest BCUT2D eigenvalue weighted by molar-refractivity contribution is 7.09. The number of methoxy groups -OCH3 is 1. The summed E-state index contributed by atoms with van der Waals surface area (Å²) in [5.74, 6) is 0.826. The zero-order valence-corrected chi connectivity index (χ0v) is 13.6. The summed E-state index contributed by atoms with van der Waals surface area (Å²) in [7, 11) is 1.62. The average molecular weight is 325 g/mol. The van der Waals surface area contributed by atoms with Gasteiger partial charge in [-0.2, -0.15) is 0 Å². The molecule has 0 spiro atoms. The standard InChI is InChI=1S/C18H15NO3S/c1-12-19-15(11-23-12)5-8-18(20)22-17-7-4-13-3-6-16(21-2)9-14(13)10-17/h3-11H,1-2H3. The zero-order chi connectivity index (χ0) is 16.2. The van der Waals surface area contributed by atoms with Gasteiger partial charge >= 0.3 is 5.97 Å². The Morgan fingerprint density at radius 1 is 1.13 bits per heavy atom. The van der Waals surface area contributed by atoms with Crippen molar-refractivity contribution in [1.29, 1.82) is 0 Å². The van der Waals surface area contributed by atoms with Gasteiger partial charge in [0.15, 0.2) is 0 Å². The second kappa shape index (κ2) is 6.62. The number of fused-ring (bicyclic) bond motifs is 1. The quantitative estimate of drug-likeness (QED) is 0.409. The lowest BCUT2D eigenvalue weighted by atomic mass is 10.1. The molecule has 23 heavy (non-hydrogen) atoms. The van der Waals surface area contributed by atoms with Crippen molar-refractivity contribution in [2.75, 3.05) is 7.11 Å². The maximum Gasteiger partial charge on any atom is 0.336 e. The number of esters is 1. The summed E-state index contributed by atoms with van der Waals surface area (Å²) in [5, 5.41) is 4.86. The highest BCUT2D eigenvalue weighted by Crippen LogP contribution is 2.25. The third-order valence-corrected chi connectivity index (χ3v) is 4.06. The van der Waals surface area contributed by atoms with E-state index >= 15 is 0 Å². The minimum atomic E-state index is -0.433. The maximum absolute atomic E-state index is 11.9. The third kappa shape index (κ3) is 3.76. The summed E-state index contributed by atoms with van der Waals surface area (Å²) in [4.78, 5) is 16.2. The van der Waals surface area contributed by atoms with Crippen molar-refractivity contribution in [3.63, 3.8) is 0 Å². The van der Waals surface area contributed by atoms with Crippen LogP contribution < -0.4 is 9.47 Å². The number of rotatable bonds is 4. The molecule has 0 unspecified atom stereocenters. The minimum Gasteiger partial charge on any atom is -0.497 e. The highest BCUT2D eigenvalue weighted by atomic mass is 32.1. The number of aromatic nitrogens is 1. The lowest BCUT2D eigenvalue weighted by molar-refractivity contribution is -0.128. The Labute approximate surface area is 138 Å². The molecule has 3 rings (SSSR count). The van der Waals surface area contributed by atoms with Gasteiger partial charge in [0.1, 0.15) is 11.5 Å². The lowest BCUT2D eigenvalue weighted by Crippen LogP contribution is -2.03. The Morgan fingerprint density at radius 3 is 2.57 bits per heavy atom. The fraction of sp³-hybridized carbons (Fsp3) is 0.111. The molecule has 1 aromatic heterocycles. The molecule has 0 fully saturated rings. The molecule has 0 amide bonds. The van der Waals surface area contributed by atoms with Crippen LogP contribution in [0.5, 0.6) is 11.5 Å². The molecule has 4 nitrogen and oxygen atoms in total. The van der Waals surface area contributed by atoms with Crippen LogP contribution in [0.3, 0.4) is 0 Å². The normalized spacial score (nSPS) is 11.0. The third-order valence-electron chi connectivity index (χ3n) is 3.26. The van der Waals surface area contributed by atoms with Crippen molar-refractivity contribution in [2.24, 2.45) is 0 Å². The summed E-state index contributed by atoms with van der Waals surface area (Å²) >= 11 is 1.54. The van der Waals surface area contributed by atoms with Crippen LogP contribution in [0.2, 0.25) is 0 Å². The molecule has 3 aromatic rings. The summed E-state index contributed by atoms with van der Waals surface area (Å²) in [6.45, 7) is 1.92. The predicted molar refractivity (Wildman–Crippen MR) is 92.0 cm³/mol. The van der Waals surface area contributed by atoms with E-state index in [1.54, 1.807) is 19.3 Å². The number of hydrogen-bond acceptors (Lipinski definition) is 5. The Kier molecular flexibility index (Phi) is 4.39. The van der Waals surface area contributed by atoms with Crippen LogP contribution in [0.4, 0.5) is 0 Å². The largest absolute Gasteiger partial charge is 0.497 e. The van der Waals surface area contributed by atoms with Crippen molar-refractivity contribution in [3.8, 4) is 11.5 Å². The molecular formula is C18H15NO3S. The van der Waals surface area contributed by atoms with E-state index in [0.717, 1.165) is 27.2 Å².